The van der Waals surface area contributed by atoms with Crippen LogP contribution < -0.4 is 11.1 Å². The number of nitrogen functional groups attached to an aromatic ring is 1. The van der Waals surface area contributed by atoms with E-state index in [2.05, 4.69) is 5.32 Å². The van der Waals surface area contributed by atoms with Gasteiger partial charge in [0.15, 0.2) is 0 Å². The summed E-state index contributed by atoms with van der Waals surface area (Å²) in [5.74, 6) is -0.351. The van der Waals surface area contributed by atoms with Crippen molar-refractivity contribution >= 4 is 21.6 Å². The summed E-state index contributed by atoms with van der Waals surface area (Å²) in [5.41, 5.74) is 8.33. The molecule has 3 N–H and O–H groups in total. The third-order valence-corrected chi connectivity index (χ3v) is 5.82. The second-order valence-corrected chi connectivity index (χ2v) is 6.84. The van der Waals surface area contributed by atoms with Gasteiger partial charge in [-0.15, -0.1) is 0 Å². The van der Waals surface area contributed by atoms with Crippen LogP contribution in [-0.2, 0) is 14.8 Å². The van der Waals surface area contributed by atoms with Crippen molar-refractivity contribution in [1.82, 2.24) is 9.62 Å². The van der Waals surface area contributed by atoms with Crippen LogP contribution in [0.15, 0.2) is 11.0 Å². The lowest BCUT2D eigenvalue weighted by Gasteiger charge is -2.23. The summed E-state index contributed by atoms with van der Waals surface area (Å²) in [5, 5.41) is 2.44. The highest BCUT2D eigenvalue weighted by atomic mass is 32.2. The second-order valence-electron chi connectivity index (χ2n) is 4.97. The molecule has 6 nitrogen and oxygen atoms in total. The molecule has 1 aromatic rings. The largest absolute Gasteiger partial charge is 0.398 e. The quantitative estimate of drug-likeness (QED) is 0.792. The van der Waals surface area contributed by atoms with Crippen LogP contribution in [0.5, 0.6) is 0 Å². The first-order valence-corrected chi connectivity index (χ1v) is 8.17. The normalized spacial score (nSPS) is 11.7. The molecule has 1 aromatic carbocycles. The first-order valence-electron chi connectivity index (χ1n) is 6.73. The second kappa shape index (κ2) is 6.44. The standard InChI is InChI=1S/C14H23N3O3S/c1-6-17(8-13(18)16-5)21(19,20)14-10(3)9(2)7-12(15)11(14)4/h7H,6,8,15H2,1-5H3,(H,16,18). The Morgan fingerprint density at radius 3 is 2.33 bits per heavy atom. The Balaban J connectivity index is 3.46. The number of sulfonamides is 1. The number of carbonyl (C=O) groups is 1. The Morgan fingerprint density at radius 2 is 1.86 bits per heavy atom. The minimum absolute atomic E-state index is 0.200. The lowest BCUT2D eigenvalue weighted by Crippen LogP contribution is -2.40. The molecule has 0 spiro atoms. The SMILES string of the molecule is CCN(CC(=O)NC)S(=O)(=O)c1c(C)c(C)cc(N)c1C. The summed E-state index contributed by atoms with van der Waals surface area (Å²) >= 11 is 0. The van der Waals surface area contributed by atoms with Crippen LogP contribution in [0, 0.1) is 20.8 Å². The van der Waals surface area contributed by atoms with Crippen molar-refractivity contribution in [3.63, 3.8) is 0 Å². The number of hydrogen-bond donors (Lipinski definition) is 2. The van der Waals surface area contributed by atoms with Crippen LogP contribution >= 0.6 is 0 Å². The van der Waals surface area contributed by atoms with E-state index in [1.54, 1.807) is 26.8 Å². The zero-order valence-electron chi connectivity index (χ0n) is 13.1. The van der Waals surface area contributed by atoms with E-state index < -0.39 is 10.0 Å². The maximum absolute atomic E-state index is 12.9. The third-order valence-electron chi connectivity index (χ3n) is 3.63. The number of nitrogens with one attached hydrogen (secondary N) is 1. The molecule has 0 saturated heterocycles. The van der Waals surface area contributed by atoms with E-state index in [0.717, 1.165) is 9.87 Å². The Morgan fingerprint density at radius 1 is 1.29 bits per heavy atom. The van der Waals surface area contributed by atoms with Crippen LogP contribution in [0.3, 0.4) is 0 Å². The third kappa shape index (κ3) is 3.36. The molecule has 0 aromatic heterocycles. The van der Waals surface area contributed by atoms with Crippen LogP contribution in [0.2, 0.25) is 0 Å². The lowest BCUT2D eigenvalue weighted by atomic mass is 10.1. The number of amides is 1. The van der Waals surface area contributed by atoms with E-state index in [1.165, 1.54) is 7.05 Å². The molecule has 0 aliphatic rings. The van der Waals surface area contributed by atoms with Gasteiger partial charge in [-0.3, -0.25) is 4.79 Å². The van der Waals surface area contributed by atoms with Crippen LogP contribution in [0.4, 0.5) is 5.69 Å². The lowest BCUT2D eigenvalue weighted by molar-refractivity contribution is -0.120. The number of anilines is 1. The molecule has 0 unspecified atom stereocenters. The van der Waals surface area contributed by atoms with Crippen molar-refractivity contribution < 1.29 is 13.2 Å². The Labute approximate surface area is 126 Å². The van der Waals surface area contributed by atoms with Gasteiger partial charge in [0.1, 0.15) is 0 Å². The van der Waals surface area contributed by atoms with E-state index in [4.69, 9.17) is 5.73 Å². The summed E-state index contributed by atoms with van der Waals surface area (Å²) < 4.78 is 26.9. The molecule has 0 aliphatic carbocycles. The summed E-state index contributed by atoms with van der Waals surface area (Å²) in [6.07, 6.45) is 0. The van der Waals surface area contributed by atoms with Gasteiger partial charge in [0, 0.05) is 19.3 Å². The summed E-state index contributed by atoms with van der Waals surface area (Å²) in [6, 6.07) is 1.76. The van der Waals surface area contributed by atoms with Crippen molar-refractivity contribution in [2.75, 3.05) is 25.9 Å². The number of nitrogens with zero attached hydrogens (tertiary/aromatic N) is 1. The Kier molecular flexibility index (Phi) is 5.36. The van der Waals surface area contributed by atoms with E-state index in [-0.39, 0.29) is 23.9 Å². The monoisotopic (exact) mass is 313 g/mol. The van der Waals surface area contributed by atoms with Gasteiger partial charge < -0.3 is 11.1 Å². The molecule has 0 atom stereocenters. The van der Waals surface area contributed by atoms with Gasteiger partial charge in [-0.05, 0) is 43.5 Å². The molecule has 0 heterocycles. The Bertz CT molecular complexity index is 628. The molecule has 1 rings (SSSR count). The van der Waals surface area contributed by atoms with Crippen molar-refractivity contribution in [2.24, 2.45) is 0 Å². The number of likely N-dealkylation sites (N-methyl/N-ethyl adjacent to an activating group) is 2. The molecule has 7 heteroatoms. The molecule has 0 radical (unpaired) electrons. The minimum atomic E-state index is -3.77. The molecule has 0 saturated carbocycles. The van der Waals surface area contributed by atoms with Gasteiger partial charge >= 0.3 is 0 Å². The number of rotatable bonds is 5. The van der Waals surface area contributed by atoms with Gasteiger partial charge in [0.25, 0.3) is 0 Å². The minimum Gasteiger partial charge on any atom is -0.398 e. The van der Waals surface area contributed by atoms with Gasteiger partial charge in [-0.25, -0.2) is 8.42 Å². The first kappa shape index (κ1) is 17.5. The maximum atomic E-state index is 12.9. The van der Waals surface area contributed by atoms with Crippen molar-refractivity contribution in [1.29, 1.82) is 0 Å². The number of benzene rings is 1. The van der Waals surface area contributed by atoms with E-state index in [0.29, 0.717) is 16.8 Å². The number of carbonyl (C=O) groups excluding carboxylic acids is 1. The number of hydrogen-bond acceptors (Lipinski definition) is 4. The van der Waals surface area contributed by atoms with Crippen molar-refractivity contribution in [3.05, 3.63) is 22.8 Å². The van der Waals surface area contributed by atoms with Crippen LogP contribution in [0.1, 0.15) is 23.6 Å². The van der Waals surface area contributed by atoms with Gasteiger partial charge in [0.05, 0.1) is 11.4 Å². The predicted molar refractivity (Wildman–Crippen MR) is 83.6 cm³/mol. The molecular weight excluding hydrogens is 290 g/mol. The fourth-order valence-corrected chi connectivity index (χ4v) is 4.10. The molecule has 1 amide bonds. The molecule has 21 heavy (non-hydrogen) atoms. The number of aryl methyl sites for hydroxylation is 1. The van der Waals surface area contributed by atoms with Crippen molar-refractivity contribution in [3.8, 4) is 0 Å². The fraction of sp³-hybridized carbons (Fsp3) is 0.500. The summed E-state index contributed by atoms with van der Waals surface area (Å²) in [6.45, 7) is 6.96. The predicted octanol–water partition coefficient (Wildman–Crippen LogP) is 0.951. The first-order chi connectivity index (χ1) is 9.66. The molecular formula is C14H23N3O3S. The molecule has 0 fully saturated rings. The average molecular weight is 313 g/mol. The fourth-order valence-electron chi connectivity index (χ4n) is 2.16. The summed E-state index contributed by atoms with van der Waals surface area (Å²) in [7, 11) is -2.29. The molecule has 118 valence electrons. The van der Waals surface area contributed by atoms with E-state index >= 15 is 0 Å². The molecule has 0 aliphatic heterocycles. The topological polar surface area (TPSA) is 92.5 Å². The average Bonchev–Trinajstić information content (AvgIpc) is 2.42. The van der Waals surface area contributed by atoms with E-state index in [1.807, 2.05) is 6.92 Å². The Hall–Kier alpha value is -1.60. The van der Waals surface area contributed by atoms with Crippen LogP contribution in [-0.4, -0.2) is 38.8 Å². The summed E-state index contributed by atoms with van der Waals surface area (Å²) in [4.78, 5) is 11.7. The molecule has 0 bridgehead atoms. The highest BCUT2D eigenvalue weighted by Gasteiger charge is 2.29. The van der Waals surface area contributed by atoms with Crippen molar-refractivity contribution in [2.45, 2.75) is 32.6 Å². The zero-order chi connectivity index (χ0) is 16.4. The van der Waals surface area contributed by atoms with Gasteiger partial charge in [-0.2, -0.15) is 4.31 Å². The highest BCUT2D eigenvalue weighted by molar-refractivity contribution is 7.89. The van der Waals surface area contributed by atoms with Gasteiger partial charge in [0.2, 0.25) is 15.9 Å². The maximum Gasteiger partial charge on any atom is 0.244 e. The smallest absolute Gasteiger partial charge is 0.244 e. The van der Waals surface area contributed by atoms with E-state index in [9.17, 15) is 13.2 Å². The highest BCUT2D eigenvalue weighted by Crippen LogP contribution is 2.30. The van der Waals surface area contributed by atoms with Crippen LogP contribution in [0.25, 0.3) is 0 Å². The van der Waals surface area contributed by atoms with Gasteiger partial charge in [-0.1, -0.05) is 6.92 Å². The number of nitrogens with two attached hydrogens (primary N) is 1. The zero-order valence-corrected chi connectivity index (χ0v) is 14.0.